The van der Waals surface area contributed by atoms with Crippen molar-refractivity contribution in [2.45, 2.75) is 12.8 Å². The maximum atomic E-state index is 12.6. The Morgan fingerprint density at radius 3 is 2.58 bits per heavy atom. The van der Waals surface area contributed by atoms with Crippen LogP contribution >= 0.6 is 0 Å². The second kappa shape index (κ2) is 6.03. The summed E-state index contributed by atoms with van der Waals surface area (Å²) >= 11 is 0. The smallest absolute Gasteiger partial charge is 0.314 e. The van der Waals surface area contributed by atoms with E-state index in [9.17, 15) is 23.7 Å². The number of aromatic nitrogens is 1. The first-order valence-corrected chi connectivity index (χ1v) is 4.97. The average molecular weight is 276 g/mol. The van der Waals surface area contributed by atoms with Crippen LogP contribution in [0.25, 0.3) is 0 Å². The topological polar surface area (TPSA) is 91.6 Å². The monoisotopic (exact) mass is 276 g/mol. The molecule has 0 fully saturated rings. The van der Waals surface area contributed by atoms with Gasteiger partial charge in [0.15, 0.2) is 0 Å². The first kappa shape index (κ1) is 14.7. The number of hydrogen-bond acceptors (Lipinski definition) is 6. The lowest BCUT2D eigenvalue weighted by Gasteiger charge is -2.09. The number of hydrogen-bond donors (Lipinski definition) is 0. The summed E-state index contributed by atoms with van der Waals surface area (Å²) in [4.78, 5) is 24.5. The van der Waals surface area contributed by atoms with Crippen LogP contribution in [0.4, 0.5) is 14.5 Å². The highest BCUT2D eigenvalue weighted by Gasteiger charge is 2.26. The van der Waals surface area contributed by atoms with Crippen molar-refractivity contribution >= 4 is 11.7 Å². The van der Waals surface area contributed by atoms with Crippen molar-refractivity contribution < 1.29 is 28.0 Å². The normalized spacial score (nSPS) is 10.4. The van der Waals surface area contributed by atoms with Crippen molar-refractivity contribution in [3.05, 3.63) is 27.6 Å². The van der Waals surface area contributed by atoms with Crippen LogP contribution in [-0.2, 0) is 16.0 Å². The van der Waals surface area contributed by atoms with Crippen LogP contribution in [0, 0.1) is 10.1 Å². The molecule has 0 amide bonds. The minimum absolute atomic E-state index is 0.265. The van der Waals surface area contributed by atoms with Crippen LogP contribution in [0.15, 0.2) is 6.07 Å². The molecule has 0 spiro atoms. The lowest BCUT2D eigenvalue weighted by atomic mass is 10.2. The molecule has 7 nitrogen and oxygen atoms in total. The van der Waals surface area contributed by atoms with Gasteiger partial charge in [0.05, 0.1) is 25.6 Å². The van der Waals surface area contributed by atoms with Gasteiger partial charge in [-0.1, -0.05) is 0 Å². The summed E-state index contributed by atoms with van der Waals surface area (Å²) in [6.07, 6.45) is -3.50. The van der Waals surface area contributed by atoms with Gasteiger partial charge in [-0.25, -0.2) is 13.8 Å². The summed E-state index contributed by atoms with van der Waals surface area (Å²) < 4.78 is 34.3. The molecule has 0 aliphatic rings. The van der Waals surface area contributed by atoms with E-state index in [4.69, 9.17) is 4.74 Å². The molecule has 104 valence electrons. The molecule has 0 saturated carbocycles. The second-order valence-corrected chi connectivity index (χ2v) is 3.36. The Bertz CT molecular complexity index is 507. The third-order valence-electron chi connectivity index (χ3n) is 2.21. The van der Waals surface area contributed by atoms with Gasteiger partial charge in [0.2, 0.25) is 5.75 Å². The molecular formula is C10H10F2N2O5. The molecule has 9 heteroatoms. The number of ether oxygens (including phenoxy) is 2. The van der Waals surface area contributed by atoms with Gasteiger partial charge in [0.1, 0.15) is 11.4 Å². The molecule has 0 N–H and O–H groups in total. The zero-order valence-electron chi connectivity index (χ0n) is 10.1. The first-order valence-electron chi connectivity index (χ1n) is 4.97. The van der Waals surface area contributed by atoms with Gasteiger partial charge < -0.3 is 9.47 Å². The SMILES string of the molecule is COC(=O)Cc1nc(C(F)F)cc([N+](=O)[O-])c1OC. The van der Waals surface area contributed by atoms with Crippen LogP contribution in [0.3, 0.4) is 0 Å². The average Bonchev–Trinajstić information content (AvgIpc) is 2.37. The largest absolute Gasteiger partial charge is 0.489 e. The van der Waals surface area contributed by atoms with E-state index in [0.717, 1.165) is 14.2 Å². The number of nitro groups is 1. The van der Waals surface area contributed by atoms with Crippen molar-refractivity contribution in [3.63, 3.8) is 0 Å². The lowest BCUT2D eigenvalue weighted by Crippen LogP contribution is -2.10. The van der Waals surface area contributed by atoms with Crippen LogP contribution in [0.2, 0.25) is 0 Å². The Morgan fingerprint density at radius 1 is 1.53 bits per heavy atom. The minimum Gasteiger partial charge on any atom is -0.489 e. The zero-order valence-corrected chi connectivity index (χ0v) is 10.1. The van der Waals surface area contributed by atoms with E-state index in [1.165, 1.54) is 0 Å². The van der Waals surface area contributed by atoms with Gasteiger partial charge in [0.25, 0.3) is 6.43 Å². The van der Waals surface area contributed by atoms with E-state index in [1.807, 2.05) is 0 Å². The van der Waals surface area contributed by atoms with E-state index in [1.54, 1.807) is 0 Å². The number of esters is 1. The van der Waals surface area contributed by atoms with Gasteiger partial charge in [-0.05, 0) is 0 Å². The summed E-state index contributed by atoms with van der Waals surface area (Å²) in [5.74, 6) is -1.11. The maximum Gasteiger partial charge on any atom is 0.314 e. The summed E-state index contributed by atoms with van der Waals surface area (Å²) in [5.41, 5.74) is -1.74. The molecule has 0 aromatic carbocycles. The van der Waals surface area contributed by atoms with E-state index in [2.05, 4.69) is 9.72 Å². The molecule has 1 heterocycles. The lowest BCUT2D eigenvalue weighted by molar-refractivity contribution is -0.386. The molecule has 19 heavy (non-hydrogen) atoms. The quantitative estimate of drug-likeness (QED) is 0.461. The number of halogens is 2. The molecule has 0 unspecified atom stereocenters. The van der Waals surface area contributed by atoms with Gasteiger partial charge in [-0.3, -0.25) is 14.9 Å². The van der Waals surface area contributed by atoms with Crippen LogP contribution in [0.1, 0.15) is 17.8 Å². The number of carbonyl (C=O) groups excluding carboxylic acids is 1. The van der Waals surface area contributed by atoms with Crippen molar-refractivity contribution in [2.75, 3.05) is 14.2 Å². The number of pyridine rings is 1. The van der Waals surface area contributed by atoms with Gasteiger partial charge >= 0.3 is 11.7 Å². The van der Waals surface area contributed by atoms with Crippen molar-refractivity contribution in [1.82, 2.24) is 4.98 Å². The fourth-order valence-electron chi connectivity index (χ4n) is 1.39. The Hall–Kier alpha value is -2.32. The molecule has 1 aromatic heterocycles. The van der Waals surface area contributed by atoms with Gasteiger partial charge in [0, 0.05) is 6.07 Å². The van der Waals surface area contributed by atoms with Gasteiger partial charge in [-0.15, -0.1) is 0 Å². The molecule has 1 aromatic rings. The van der Waals surface area contributed by atoms with Crippen LogP contribution in [-0.4, -0.2) is 30.1 Å². The summed E-state index contributed by atoms with van der Waals surface area (Å²) in [7, 11) is 2.22. The molecule has 0 saturated heterocycles. The third kappa shape index (κ3) is 3.33. The predicted octanol–water partition coefficient (Wildman–Crippen LogP) is 1.65. The summed E-state index contributed by atoms with van der Waals surface area (Å²) in [6, 6.07) is 0.615. The predicted molar refractivity (Wildman–Crippen MR) is 58.1 cm³/mol. The van der Waals surface area contributed by atoms with Crippen molar-refractivity contribution in [3.8, 4) is 5.75 Å². The third-order valence-corrected chi connectivity index (χ3v) is 2.21. The van der Waals surface area contributed by atoms with E-state index >= 15 is 0 Å². The number of rotatable bonds is 5. The fraction of sp³-hybridized carbons (Fsp3) is 0.400. The Labute approximate surface area is 106 Å². The first-order chi connectivity index (χ1) is 8.90. The maximum absolute atomic E-state index is 12.6. The highest BCUT2D eigenvalue weighted by molar-refractivity contribution is 5.73. The standard InChI is InChI=1S/C10H10F2N2O5/c1-18-8(15)4-5-9(19-2)7(14(16)17)3-6(13-5)10(11)12/h3,10H,4H2,1-2H3. The van der Waals surface area contributed by atoms with Crippen molar-refractivity contribution in [2.24, 2.45) is 0 Å². The summed E-state index contributed by atoms with van der Waals surface area (Å²) in [5, 5.41) is 10.8. The fourth-order valence-corrected chi connectivity index (χ4v) is 1.39. The van der Waals surface area contributed by atoms with Crippen LogP contribution in [0.5, 0.6) is 5.75 Å². The highest BCUT2D eigenvalue weighted by atomic mass is 19.3. The molecule has 0 aliphatic carbocycles. The zero-order chi connectivity index (χ0) is 14.6. The van der Waals surface area contributed by atoms with E-state index in [0.29, 0.717) is 6.07 Å². The molecule has 0 atom stereocenters. The second-order valence-electron chi connectivity index (χ2n) is 3.36. The molecule has 0 bridgehead atoms. The Balaban J connectivity index is 3.40. The molecule has 0 aliphatic heterocycles. The number of alkyl halides is 2. The van der Waals surface area contributed by atoms with Crippen LogP contribution < -0.4 is 4.74 Å². The molecule has 0 radical (unpaired) electrons. The molecule has 1 rings (SSSR count). The number of carbonyl (C=O) groups is 1. The van der Waals surface area contributed by atoms with E-state index < -0.39 is 35.1 Å². The van der Waals surface area contributed by atoms with Crippen molar-refractivity contribution in [1.29, 1.82) is 0 Å². The van der Waals surface area contributed by atoms with Gasteiger partial charge in [-0.2, -0.15) is 0 Å². The minimum atomic E-state index is -3.00. The highest BCUT2D eigenvalue weighted by Crippen LogP contribution is 2.33. The van der Waals surface area contributed by atoms with E-state index in [-0.39, 0.29) is 11.4 Å². The Kier molecular flexibility index (Phi) is 4.67. The Morgan fingerprint density at radius 2 is 2.16 bits per heavy atom. The number of methoxy groups -OCH3 is 2. The summed E-state index contributed by atoms with van der Waals surface area (Å²) in [6.45, 7) is 0. The molecular weight excluding hydrogens is 266 g/mol. The number of nitrogens with zero attached hydrogens (tertiary/aromatic N) is 2.